The second kappa shape index (κ2) is 10.3. The lowest BCUT2D eigenvalue weighted by molar-refractivity contribution is -0.138. The number of hydrogen-bond acceptors (Lipinski definition) is 4. The number of urea groups is 1. The minimum absolute atomic E-state index is 0.0505. The van der Waals surface area contributed by atoms with Crippen molar-refractivity contribution < 1.29 is 19.1 Å². The third-order valence-corrected chi connectivity index (χ3v) is 4.05. The standard InChI is InChI=1S/C22H27N3O4/c1-15(2)24-22(28)23-14-16-10-12-18(13-11-16)21(27)29-19(20(26)25(3)4)17-8-6-5-7-9-17/h5-13,15,19H,14H2,1-4H3,(H2,23,24,28)/t19-/m1/s1. The van der Waals surface area contributed by atoms with Gasteiger partial charge in [0, 0.05) is 32.2 Å². The van der Waals surface area contributed by atoms with E-state index in [-0.39, 0.29) is 18.0 Å². The average molecular weight is 397 g/mol. The summed E-state index contributed by atoms with van der Waals surface area (Å²) in [4.78, 5) is 38.1. The van der Waals surface area contributed by atoms with E-state index in [0.29, 0.717) is 17.7 Å². The van der Waals surface area contributed by atoms with Crippen LogP contribution in [0, 0.1) is 0 Å². The number of esters is 1. The van der Waals surface area contributed by atoms with E-state index in [2.05, 4.69) is 10.6 Å². The Kier molecular flexibility index (Phi) is 7.77. The Hall–Kier alpha value is -3.35. The van der Waals surface area contributed by atoms with Crippen molar-refractivity contribution >= 4 is 17.9 Å². The second-order valence-corrected chi connectivity index (χ2v) is 7.11. The highest BCUT2D eigenvalue weighted by Gasteiger charge is 2.26. The van der Waals surface area contributed by atoms with E-state index >= 15 is 0 Å². The lowest BCUT2D eigenvalue weighted by atomic mass is 10.1. The van der Waals surface area contributed by atoms with E-state index in [4.69, 9.17) is 4.74 Å². The molecule has 3 amide bonds. The topological polar surface area (TPSA) is 87.7 Å². The minimum atomic E-state index is -1.01. The van der Waals surface area contributed by atoms with Crippen molar-refractivity contribution in [1.82, 2.24) is 15.5 Å². The van der Waals surface area contributed by atoms with E-state index in [1.165, 1.54) is 4.90 Å². The van der Waals surface area contributed by atoms with Crippen LogP contribution in [0.4, 0.5) is 4.79 Å². The molecule has 29 heavy (non-hydrogen) atoms. The number of nitrogens with zero attached hydrogens (tertiary/aromatic N) is 1. The molecule has 2 aromatic rings. The number of likely N-dealkylation sites (N-methyl/N-ethyl adjacent to an activating group) is 1. The maximum atomic E-state index is 12.6. The van der Waals surface area contributed by atoms with E-state index in [1.807, 2.05) is 19.9 Å². The number of amides is 3. The monoisotopic (exact) mass is 397 g/mol. The molecule has 7 nitrogen and oxygen atoms in total. The highest BCUT2D eigenvalue weighted by atomic mass is 16.5. The molecule has 0 bridgehead atoms. The fourth-order valence-corrected chi connectivity index (χ4v) is 2.55. The number of rotatable bonds is 7. The first-order valence-corrected chi connectivity index (χ1v) is 9.38. The van der Waals surface area contributed by atoms with Crippen LogP contribution in [0.2, 0.25) is 0 Å². The first kappa shape index (κ1) is 21.9. The highest BCUT2D eigenvalue weighted by Crippen LogP contribution is 2.21. The molecular formula is C22H27N3O4. The van der Waals surface area contributed by atoms with Crippen molar-refractivity contribution in [1.29, 1.82) is 0 Å². The van der Waals surface area contributed by atoms with Crippen LogP contribution >= 0.6 is 0 Å². The van der Waals surface area contributed by atoms with E-state index < -0.39 is 12.1 Å². The SMILES string of the molecule is CC(C)NC(=O)NCc1ccc(C(=O)O[C@@H](C(=O)N(C)C)c2ccccc2)cc1. The molecule has 0 fully saturated rings. The number of carbonyl (C=O) groups is 3. The smallest absolute Gasteiger partial charge is 0.339 e. The van der Waals surface area contributed by atoms with Crippen molar-refractivity contribution in [2.45, 2.75) is 32.5 Å². The van der Waals surface area contributed by atoms with Gasteiger partial charge in [-0.05, 0) is 31.5 Å². The molecule has 2 N–H and O–H groups in total. The van der Waals surface area contributed by atoms with Gasteiger partial charge in [0.05, 0.1) is 5.56 Å². The van der Waals surface area contributed by atoms with Gasteiger partial charge in [-0.15, -0.1) is 0 Å². The van der Waals surface area contributed by atoms with Crippen LogP contribution in [0.15, 0.2) is 54.6 Å². The fourth-order valence-electron chi connectivity index (χ4n) is 2.55. The quantitative estimate of drug-likeness (QED) is 0.703. The highest BCUT2D eigenvalue weighted by molar-refractivity contribution is 5.92. The molecule has 2 rings (SSSR count). The van der Waals surface area contributed by atoms with Crippen LogP contribution in [0.3, 0.4) is 0 Å². The lowest BCUT2D eigenvalue weighted by Crippen LogP contribution is -2.39. The zero-order chi connectivity index (χ0) is 21.4. The minimum Gasteiger partial charge on any atom is -0.444 e. The molecule has 0 heterocycles. The maximum absolute atomic E-state index is 12.6. The maximum Gasteiger partial charge on any atom is 0.339 e. The summed E-state index contributed by atoms with van der Waals surface area (Å²) in [5, 5.41) is 5.48. The van der Waals surface area contributed by atoms with Gasteiger partial charge < -0.3 is 20.3 Å². The van der Waals surface area contributed by atoms with E-state index in [1.54, 1.807) is 62.6 Å². The molecule has 0 saturated heterocycles. The van der Waals surface area contributed by atoms with Crippen LogP contribution in [-0.4, -0.2) is 42.9 Å². The summed E-state index contributed by atoms with van der Waals surface area (Å²) < 4.78 is 5.52. The van der Waals surface area contributed by atoms with Gasteiger partial charge >= 0.3 is 12.0 Å². The number of ether oxygens (including phenoxy) is 1. The Labute approximate surface area is 171 Å². The number of hydrogen-bond donors (Lipinski definition) is 2. The van der Waals surface area contributed by atoms with Crippen LogP contribution in [-0.2, 0) is 16.1 Å². The lowest BCUT2D eigenvalue weighted by Gasteiger charge is -2.21. The Bertz CT molecular complexity index is 833. The molecular weight excluding hydrogens is 370 g/mol. The first-order valence-electron chi connectivity index (χ1n) is 9.38. The molecule has 2 aromatic carbocycles. The molecule has 1 atom stereocenters. The summed E-state index contributed by atoms with van der Waals surface area (Å²) in [5.74, 6) is -0.910. The van der Waals surface area contributed by atoms with Crippen molar-refractivity contribution in [3.8, 4) is 0 Å². The Morgan fingerprint density at radius 3 is 2.14 bits per heavy atom. The summed E-state index contributed by atoms with van der Waals surface area (Å²) >= 11 is 0. The number of nitrogens with one attached hydrogen (secondary N) is 2. The summed E-state index contributed by atoms with van der Waals surface area (Å²) in [6.45, 7) is 4.09. The molecule has 0 aliphatic rings. The summed E-state index contributed by atoms with van der Waals surface area (Å²) in [6, 6.07) is 15.4. The third-order valence-electron chi connectivity index (χ3n) is 4.05. The molecule has 0 spiro atoms. The van der Waals surface area contributed by atoms with Crippen molar-refractivity contribution in [3.63, 3.8) is 0 Å². The van der Waals surface area contributed by atoms with Crippen LogP contribution < -0.4 is 10.6 Å². The van der Waals surface area contributed by atoms with Crippen LogP contribution in [0.25, 0.3) is 0 Å². The van der Waals surface area contributed by atoms with Gasteiger partial charge in [-0.25, -0.2) is 9.59 Å². The summed E-state index contributed by atoms with van der Waals surface area (Å²) in [5.41, 5.74) is 1.77. The Balaban J connectivity index is 2.04. The average Bonchev–Trinajstić information content (AvgIpc) is 2.70. The van der Waals surface area contributed by atoms with Crippen molar-refractivity contribution in [2.75, 3.05) is 14.1 Å². The molecule has 0 aromatic heterocycles. The van der Waals surface area contributed by atoms with Gasteiger partial charge in [0.25, 0.3) is 5.91 Å². The van der Waals surface area contributed by atoms with Gasteiger partial charge in [0.15, 0.2) is 0 Å². The van der Waals surface area contributed by atoms with Crippen LogP contribution in [0.5, 0.6) is 0 Å². The van der Waals surface area contributed by atoms with Gasteiger partial charge in [0.1, 0.15) is 0 Å². The second-order valence-electron chi connectivity index (χ2n) is 7.11. The largest absolute Gasteiger partial charge is 0.444 e. The van der Waals surface area contributed by atoms with Gasteiger partial charge in [-0.2, -0.15) is 0 Å². The zero-order valence-electron chi connectivity index (χ0n) is 17.1. The Morgan fingerprint density at radius 1 is 0.966 bits per heavy atom. The predicted octanol–water partition coefficient (Wildman–Crippen LogP) is 2.88. The predicted molar refractivity (Wildman–Crippen MR) is 110 cm³/mol. The third kappa shape index (κ3) is 6.64. The summed E-state index contributed by atoms with van der Waals surface area (Å²) in [6.07, 6.45) is -1.01. The van der Waals surface area contributed by atoms with Gasteiger partial charge in [0.2, 0.25) is 6.10 Å². The molecule has 0 aliphatic heterocycles. The van der Waals surface area contributed by atoms with E-state index in [0.717, 1.165) is 5.56 Å². The molecule has 0 aliphatic carbocycles. The normalized spacial score (nSPS) is 11.5. The molecule has 0 unspecified atom stereocenters. The molecule has 7 heteroatoms. The first-order chi connectivity index (χ1) is 13.8. The number of carbonyl (C=O) groups excluding carboxylic acids is 3. The van der Waals surface area contributed by atoms with E-state index in [9.17, 15) is 14.4 Å². The van der Waals surface area contributed by atoms with Gasteiger partial charge in [-0.3, -0.25) is 4.79 Å². The van der Waals surface area contributed by atoms with Crippen LogP contribution in [0.1, 0.15) is 41.4 Å². The zero-order valence-corrected chi connectivity index (χ0v) is 17.1. The Morgan fingerprint density at radius 2 is 1.59 bits per heavy atom. The van der Waals surface area contributed by atoms with Crippen molar-refractivity contribution in [3.05, 3.63) is 71.3 Å². The number of benzene rings is 2. The molecule has 0 saturated carbocycles. The van der Waals surface area contributed by atoms with Crippen molar-refractivity contribution in [2.24, 2.45) is 0 Å². The summed E-state index contributed by atoms with van der Waals surface area (Å²) in [7, 11) is 3.23. The molecule has 154 valence electrons. The van der Waals surface area contributed by atoms with Gasteiger partial charge in [-0.1, -0.05) is 42.5 Å². The fraction of sp³-hybridized carbons (Fsp3) is 0.318. The molecule has 0 radical (unpaired) electrons.